The Balaban J connectivity index is 1.57. The minimum atomic E-state index is 0.0773. The van der Waals surface area contributed by atoms with Gasteiger partial charge in [-0.3, -0.25) is 4.79 Å². The zero-order chi connectivity index (χ0) is 14.7. The van der Waals surface area contributed by atoms with E-state index >= 15 is 0 Å². The summed E-state index contributed by atoms with van der Waals surface area (Å²) in [5.74, 6) is 0.920. The van der Waals surface area contributed by atoms with Gasteiger partial charge in [-0.2, -0.15) is 0 Å². The summed E-state index contributed by atoms with van der Waals surface area (Å²) in [6.07, 6.45) is 3.35. The molecule has 0 aliphatic carbocycles. The average Bonchev–Trinajstić information content (AvgIpc) is 2.94. The van der Waals surface area contributed by atoms with Crippen LogP contribution in [-0.2, 0) is 22.4 Å². The van der Waals surface area contributed by atoms with Crippen molar-refractivity contribution in [2.45, 2.75) is 31.8 Å². The van der Waals surface area contributed by atoms with Crippen molar-refractivity contribution in [3.63, 3.8) is 0 Å². The van der Waals surface area contributed by atoms with Crippen LogP contribution in [0.2, 0.25) is 5.02 Å². The van der Waals surface area contributed by atoms with Crippen LogP contribution in [0.1, 0.15) is 24.0 Å². The Labute approximate surface area is 129 Å². The molecule has 0 amide bonds. The Morgan fingerprint density at radius 2 is 2.19 bits per heavy atom. The molecule has 2 aliphatic rings. The first-order valence-electron chi connectivity index (χ1n) is 7.50. The highest BCUT2D eigenvalue weighted by molar-refractivity contribution is 6.30. The number of benzene rings is 1. The van der Waals surface area contributed by atoms with Crippen LogP contribution in [0.4, 0.5) is 0 Å². The number of rotatable bonds is 5. The van der Waals surface area contributed by atoms with Crippen molar-refractivity contribution < 1.29 is 14.3 Å². The third kappa shape index (κ3) is 3.76. The topological polar surface area (TPSA) is 47.6 Å². The van der Waals surface area contributed by atoms with Gasteiger partial charge in [-0.05, 0) is 43.6 Å². The van der Waals surface area contributed by atoms with Gasteiger partial charge < -0.3 is 14.8 Å². The lowest BCUT2D eigenvalue weighted by atomic mass is 10.0. The molecule has 1 fully saturated rings. The predicted molar refractivity (Wildman–Crippen MR) is 81.2 cm³/mol. The van der Waals surface area contributed by atoms with Crippen molar-refractivity contribution >= 4 is 17.4 Å². The molecule has 0 spiro atoms. The summed E-state index contributed by atoms with van der Waals surface area (Å²) >= 11 is 6.11. The zero-order valence-electron chi connectivity index (χ0n) is 12.0. The van der Waals surface area contributed by atoms with Crippen LogP contribution in [-0.4, -0.2) is 38.2 Å². The minimum absolute atomic E-state index is 0.0773. The van der Waals surface area contributed by atoms with Crippen LogP contribution >= 0.6 is 11.6 Å². The number of piperidine rings is 1. The molecule has 0 aromatic heterocycles. The molecular formula is C16H20ClNO3. The molecule has 2 heterocycles. The number of ketones is 1. The van der Waals surface area contributed by atoms with E-state index in [0.717, 1.165) is 49.2 Å². The van der Waals surface area contributed by atoms with Gasteiger partial charge in [0.2, 0.25) is 0 Å². The first-order chi connectivity index (χ1) is 10.2. The summed E-state index contributed by atoms with van der Waals surface area (Å²) in [5.41, 5.74) is 1.98. The molecule has 21 heavy (non-hydrogen) atoms. The van der Waals surface area contributed by atoms with E-state index in [2.05, 4.69) is 5.32 Å². The number of carbonyl (C=O) groups is 1. The number of hydrogen-bond acceptors (Lipinski definition) is 4. The molecule has 3 rings (SSSR count). The normalized spacial score (nSPS) is 18.3. The molecule has 1 saturated heterocycles. The molecular weight excluding hydrogens is 290 g/mol. The third-order valence-corrected chi connectivity index (χ3v) is 4.20. The third-order valence-electron chi connectivity index (χ3n) is 3.98. The second-order valence-electron chi connectivity index (χ2n) is 5.63. The SMILES string of the molecule is O=C(COC1CCNCC1)Cc1cc(Cl)cc2c1OCC2. The second kappa shape index (κ2) is 6.77. The quantitative estimate of drug-likeness (QED) is 0.905. The van der Waals surface area contributed by atoms with Crippen molar-refractivity contribution in [2.24, 2.45) is 0 Å². The van der Waals surface area contributed by atoms with E-state index in [1.54, 1.807) is 0 Å². The van der Waals surface area contributed by atoms with Gasteiger partial charge in [0.05, 0.1) is 12.7 Å². The van der Waals surface area contributed by atoms with Crippen molar-refractivity contribution in [3.8, 4) is 5.75 Å². The lowest BCUT2D eigenvalue weighted by Gasteiger charge is -2.22. The molecule has 0 bridgehead atoms. The Kier molecular flexibility index (Phi) is 4.78. The number of carbonyl (C=O) groups excluding carboxylic acids is 1. The molecule has 1 aromatic rings. The first-order valence-corrected chi connectivity index (χ1v) is 7.88. The standard InChI is InChI=1S/C16H20ClNO3/c17-13-7-11-3-6-20-16(11)12(8-13)9-14(19)10-21-15-1-4-18-5-2-15/h7-8,15,18H,1-6,9-10H2. The summed E-state index contributed by atoms with van der Waals surface area (Å²) in [7, 11) is 0. The maximum absolute atomic E-state index is 12.1. The number of hydrogen-bond donors (Lipinski definition) is 1. The van der Waals surface area contributed by atoms with E-state index < -0.39 is 0 Å². The summed E-state index contributed by atoms with van der Waals surface area (Å²) in [6.45, 7) is 2.78. The van der Waals surface area contributed by atoms with Crippen LogP contribution in [0.15, 0.2) is 12.1 Å². The highest BCUT2D eigenvalue weighted by Gasteiger charge is 2.20. The monoisotopic (exact) mass is 309 g/mol. The zero-order valence-corrected chi connectivity index (χ0v) is 12.7. The molecule has 0 unspecified atom stereocenters. The Morgan fingerprint density at radius 1 is 1.38 bits per heavy atom. The average molecular weight is 310 g/mol. The number of fused-ring (bicyclic) bond motifs is 1. The van der Waals surface area contributed by atoms with Gasteiger partial charge in [0, 0.05) is 23.4 Å². The summed E-state index contributed by atoms with van der Waals surface area (Å²) in [6, 6.07) is 3.75. The summed E-state index contributed by atoms with van der Waals surface area (Å²) in [4.78, 5) is 12.1. The van der Waals surface area contributed by atoms with E-state index in [4.69, 9.17) is 21.1 Å². The Hall–Kier alpha value is -1.10. The van der Waals surface area contributed by atoms with Crippen LogP contribution in [0, 0.1) is 0 Å². The fraction of sp³-hybridized carbons (Fsp3) is 0.562. The molecule has 1 N–H and O–H groups in total. The van der Waals surface area contributed by atoms with Crippen molar-refractivity contribution in [3.05, 3.63) is 28.3 Å². The summed E-state index contributed by atoms with van der Waals surface area (Å²) < 4.78 is 11.3. The number of nitrogens with one attached hydrogen (secondary N) is 1. The summed E-state index contributed by atoms with van der Waals surface area (Å²) in [5, 5.41) is 3.95. The second-order valence-corrected chi connectivity index (χ2v) is 6.06. The molecule has 0 atom stereocenters. The molecule has 1 aromatic carbocycles. The van der Waals surface area contributed by atoms with E-state index in [1.165, 1.54) is 0 Å². The molecule has 4 nitrogen and oxygen atoms in total. The van der Waals surface area contributed by atoms with E-state index in [9.17, 15) is 4.79 Å². The molecule has 2 aliphatic heterocycles. The highest BCUT2D eigenvalue weighted by Crippen LogP contribution is 2.33. The van der Waals surface area contributed by atoms with Crippen LogP contribution in [0.3, 0.4) is 0 Å². The largest absolute Gasteiger partial charge is 0.493 e. The minimum Gasteiger partial charge on any atom is -0.493 e. The van der Waals surface area contributed by atoms with Crippen LogP contribution < -0.4 is 10.1 Å². The Morgan fingerprint density at radius 3 is 3.00 bits per heavy atom. The van der Waals surface area contributed by atoms with Gasteiger partial charge in [0.15, 0.2) is 5.78 Å². The van der Waals surface area contributed by atoms with Gasteiger partial charge in [-0.1, -0.05) is 11.6 Å². The van der Waals surface area contributed by atoms with E-state index in [1.807, 2.05) is 12.1 Å². The lowest BCUT2D eigenvalue weighted by molar-refractivity contribution is -0.125. The van der Waals surface area contributed by atoms with Crippen LogP contribution in [0.5, 0.6) is 5.75 Å². The molecule has 114 valence electrons. The van der Waals surface area contributed by atoms with Gasteiger partial charge in [-0.25, -0.2) is 0 Å². The van der Waals surface area contributed by atoms with Crippen molar-refractivity contribution in [2.75, 3.05) is 26.3 Å². The smallest absolute Gasteiger partial charge is 0.162 e. The van der Waals surface area contributed by atoms with Gasteiger partial charge >= 0.3 is 0 Å². The van der Waals surface area contributed by atoms with Crippen LogP contribution in [0.25, 0.3) is 0 Å². The number of Topliss-reactive ketones (excluding diaryl/α,β-unsaturated/α-hetero) is 1. The van der Waals surface area contributed by atoms with E-state index in [-0.39, 0.29) is 18.5 Å². The Bertz CT molecular complexity index is 526. The fourth-order valence-corrected chi connectivity index (χ4v) is 3.18. The molecule has 0 saturated carbocycles. The van der Waals surface area contributed by atoms with Gasteiger partial charge in [0.1, 0.15) is 12.4 Å². The predicted octanol–water partition coefficient (Wildman–Crippen LogP) is 2.16. The van der Waals surface area contributed by atoms with Crippen molar-refractivity contribution in [1.29, 1.82) is 0 Å². The lowest BCUT2D eigenvalue weighted by Crippen LogP contribution is -2.33. The van der Waals surface area contributed by atoms with Gasteiger partial charge in [0.25, 0.3) is 0 Å². The van der Waals surface area contributed by atoms with Crippen molar-refractivity contribution in [1.82, 2.24) is 5.32 Å². The van der Waals surface area contributed by atoms with E-state index in [0.29, 0.717) is 18.1 Å². The molecule has 0 radical (unpaired) electrons. The van der Waals surface area contributed by atoms with Gasteiger partial charge in [-0.15, -0.1) is 0 Å². The number of ether oxygens (including phenoxy) is 2. The fourth-order valence-electron chi connectivity index (χ4n) is 2.91. The molecule has 5 heteroatoms. The maximum Gasteiger partial charge on any atom is 0.162 e. The maximum atomic E-state index is 12.1. The number of halogens is 1. The first kappa shape index (κ1) is 14.8. The highest BCUT2D eigenvalue weighted by atomic mass is 35.5.